The quantitative estimate of drug-likeness (QED) is 0.119. The summed E-state index contributed by atoms with van der Waals surface area (Å²) in [5.74, 6) is 0.201. The summed E-state index contributed by atoms with van der Waals surface area (Å²) >= 11 is 1.24. The molecule has 4 aromatic rings. The first-order valence-corrected chi connectivity index (χ1v) is 11.1. The minimum Gasteiger partial charge on any atom is -0.324 e. The van der Waals surface area contributed by atoms with E-state index in [-0.39, 0.29) is 17.2 Å². The van der Waals surface area contributed by atoms with E-state index in [1.165, 1.54) is 23.9 Å². The first-order valence-electron chi connectivity index (χ1n) is 10.1. The summed E-state index contributed by atoms with van der Waals surface area (Å²) in [7, 11) is 0. The Bertz CT molecular complexity index is 1260. The van der Waals surface area contributed by atoms with E-state index in [1.54, 1.807) is 18.2 Å². The van der Waals surface area contributed by atoms with Crippen LogP contribution >= 0.6 is 11.8 Å². The van der Waals surface area contributed by atoms with Gasteiger partial charge in [-0.25, -0.2) is 4.98 Å². The normalized spacial score (nSPS) is 11.3. The van der Waals surface area contributed by atoms with Crippen molar-refractivity contribution in [2.75, 3.05) is 5.75 Å². The van der Waals surface area contributed by atoms with Crippen molar-refractivity contribution in [2.45, 2.75) is 37.9 Å². The van der Waals surface area contributed by atoms with E-state index in [4.69, 9.17) is 0 Å². The van der Waals surface area contributed by atoms with Crippen molar-refractivity contribution >= 4 is 45.3 Å². The van der Waals surface area contributed by atoms with Gasteiger partial charge in [0.05, 0.1) is 16.2 Å². The molecule has 8 nitrogen and oxygen atoms in total. The van der Waals surface area contributed by atoms with Crippen molar-refractivity contribution in [2.24, 2.45) is 0 Å². The number of thioether (sulfide) groups is 1. The molecule has 2 aromatic carbocycles. The molecule has 0 fully saturated rings. The Morgan fingerprint density at radius 2 is 1.94 bits per heavy atom. The fourth-order valence-electron chi connectivity index (χ4n) is 3.49. The van der Waals surface area contributed by atoms with Crippen LogP contribution in [0.25, 0.3) is 22.1 Å². The third-order valence-corrected chi connectivity index (χ3v) is 5.89. The lowest BCUT2D eigenvalue weighted by Gasteiger charge is -2.06. The standard InChI is InChI=1S/C22H21N5O3S/c1-2-3-7-12-26-18-11-10-16(27(29)30)13-17(18)20-21(26)23-22(25-24-20)31-14-19(28)15-8-5-4-6-9-15/h4-6,8-11,13H,2-3,7,12,14H2,1H3. The highest BCUT2D eigenvalue weighted by Crippen LogP contribution is 2.30. The molecule has 0 amide bonds. The van der Waals surface area contributed by atoms with Crippen LogP contribution in [-0.2, 0) is 6.54 Å². The van der Waals surface area contributed by atoms with Crippen LogP contribution in [0.15, 0.2) is 53.7 Å². The van der Waals surface area contributed by atoms with Crippen LogP contribution in [0.1, 0.15) is 36.5 Å². The third kappa shape index (κ3) is 4.41. The van der Waals surface area contributed by atoms with E-state index in [2.05, 4.69) is 22.1 Å². The number of benzene rings is 2. The largest absolute Gasteiger partial charge is 0.324 e. The molecule has 0 aliphatic carbocycles. The molecule has 2 heterocycles. The molecule has 0 aliphatic rings. The summed E-state index contributed by atoms with van der Waals surface area (Å²) in [5.41, 5.74) is 2.67. The molecule has 31 heavy (non-hydrogen) atoms. The molecule has 0 radical (unpaired) electrons. The highest BCUT2D eigenvalue weighted by atomic mass is 32.2. The number of unbranched alkanes of at least 4 members (excludes halogenated alkanes) is 2. The molecule has 158 valence electrons. The molecule has 0 aliphatic heterocycles. The van der Waals surface area contributed by atoms with Gasteiger partial charge >= 0.3 is 0 Å². The number of rotatable bonds is 9. The topological polar surface area (TPSA) is 104 Å². The number of nitro benzene ring substituents is 1. The first-order chi connectivity index (χ1) is 15.1. The van der Waals surface area contributed by atoms with Crippen molar-refractivity contribution in [3.63, 3.8) is 0 Å². The van der Waals surface area contributed by atoms with E-state index >= 15 is 0 Å². The van der Waals surface area contributed by atoms with Gasteiger partial charge in [-0.1, -0.05) is 61.9 Å². The summed E-state index contributed by atoms with van der Waals surface area (Å²) in [4.78, 5) is 27.9. The zero-order valence-corrected chi connectivity index (χ0v) is 17.8. The number of non-ortho nitro benzene ring substituents is 1. The number of nitro groups is 1. The smallest absolute Gasteiger partial charge is 0.270 e. The predicted molar refractivity (Wildman–Crippen MR) is 121 cm³/mol. The Balaban J connectivity index is 1.69. The predicted octanol–water partition coefficient (Wildman–Crippen LogP) is 5.05. The van der Waals surface area contributed by atoms with E-state index < -0.39 is 4.92 Å². The van der Waals surface area contributed by atoms with Crippen LogP contribution in [0.5, 0.6) is 0 Å². The molecule has 0 atom stereocenters. The first kappa shape index (κ1) is 20.9. The molecule has 4 rings (SSSR count). The van der Waals surface area contributed by atoms with Gasteiger partial charge in [0, 0.05) is 29.6 Å². The molecule has 0 spiro atoms. The van der Waals surface area contributed by atoms with E-state index in [0.717, 1.165) is 31.3 Å². The van der Waals surface area contributed by atoms with Crippen LogP contribution in [0, 0.1) is 10.1 Å². The average Bonchev–Trinajstić information content (AvgIpc) is 3.10. The highest BCUT2D eigenvalue weighted by Gasteiger charge is 2.18. The molecular weight excluding hydrogens is 414 g/mol. The maximum Gasteiger partial charge on any atom is 0.270 e. The Morgan fingerprint density at radius 1 is 1.13 bits per heavy atom. The molecular formula is C22H21N5O3S. The maximum absolute atomic E-state index is 12.4. The van der Waals surface area contributed by atoms with E-state index in [0.29, 0.717) is 27.3 Å². The number of hydrogen-bond donors (Lipinski definition) is 0. The lowest BCUT2D eigenvalue weighted by molar-refractivity contribution is -0.384. The number of ketones is 1. The minimum atomic E-state index is -0.417. The maximum atomic E-state index is 12.4. The van der Waals surface area contributed by atoms with Gasteiger partial charge in [0.15, 0.2) is 11.4 Å². The second-order valence-electron chi connectivity index (χ2n) is 7.16. The van der Waals surface area contributed by atoms with Crippen LogP contribution in [-0.4, -0.2) is 36.2 Å². The molecule has 9 heteroatoms. The average molecular weight is 436 g/mol. The fourth-order valence-corrected chi connectivity index (χ4v) is 4.16. The van der Waals surface area contributed by atoms with Gasteiger partial charge in [0.2, 0.25) is 5.16 Å². The van der Waals surface area contributed by atoms with Gasteiger partial charge in [-0.15, -0.1) is 10.2 Å². The Labute approximate surface area is 182 Å². The molecule has 0 saturated carbocycles. The fraction of sp³-hybridized carbons (Fsp3) is 0.273. The summed E-state index contributed by atoms with van der Waals surface area (Å²) < 4.78 is 2.04. The number of fused-ring (bicyclic) bond motifs is 3. The van der Waals surface area contributed by atoms with Gasteiger partial charge in [0.25, 0.3) is 5.69 Å². The van der Waals surface area contributed by atoms with Gasteiger partial charge in [-0.3, -0.25) is 14.9 Å². The van der Waals surface area contributed by atoms with Gasteiger partial charge < -0.3 is 4.57 Å². The summed E-state index contributed by atoms with van der Waals surface area (Å²) in [6, 6.07) is 13.9. The molecule has 0 unspecified atom stereocenters. The Kier molecular flexibility index (Phi) is 6.22. The van der Waals surface area contributed by atoms with Gasteiger partial charge in [0.1, 0.15) is 5.52 Å². The second kappa shape index (κ2) is 9.22. The zero-order chi connectivity index (χ0) is 21.8. The zero-order valence-electron chi connectivity index (χ0n) is 17.0. The van der Waals surface area contributed by atoms with Crippen LogP contribution in [0.2, 0.25) is 0 Å². The highest BCUT2D eigenvalue weighted by molar-refractivity contribution is 7.99. The molecule has 0 N–H and O–H groups in total. The molecule has 2 aromatic heterocycles. The van der Waals surface area contributed by atoms with E-state index in [9.17, 15) is 14.9 Å². The number of hydrogen-bond acceptors (Lipinski definition) is 7. The van der Waals surface area contributed by atoms with Crippen molar-refractivity contribution < 1.29 is 9.72 Å². The van der Waals surface area contributed by atoms with Crippen molar-refractivity contribution in [3.05, 3.63) is 64.2 Å². The Hall–Kier alpha value is -3.33. The summed E-state index contributed by atoms with van der Waals surface area (Å²) in [6.45, 7) is 2.87. The number of carbonyl (C=O) groups is 1. The second-order valence-corrected chi connectivity index (χ2v) is 8.10. The van der Waals surface area contributed by atoms with Crippen molar-refractivity contribution in [1.82, 2.24) is 19.7 Å². The number of Topliss-reactive ketones (excluding diaryl/α,β-unsaturated/α-hetero) is 1. The van der Waals surface area contributed by atoms with Crippen LogP contribution < -0.4 is 0 Å². The number of aryl methyl sites for hydroxylation is 1. The van der Waals surface area contributed by atoms with Crippen LogP contribution in [0.4, 0.5) is 5.69 Å². The number of carbonyl (C=O) groups excluding carboxylic acids is 1. The summed E-state index contributed by atoms with van der Waals surface area (Å²) in [5, 5.41) is 20.8. The number of nitrogens with zero attached hydrogens (tertiary/aromatic N) is 5. The molecule has 0 saturated heterocycles. The van der Waals surface area contributed by atoms with Crippen molar-refractivity contribution in [3.8, 4) is 0 Å². The van der Waals surface area contributed by atoms with Gasteiger partial charge in [-0.05, 0) is 12.5 Å². The van der Waals surface area contributed by atoms with Gasteiger partial charge in [-0.2, -0.15) is 0 Å². The van der Waals surface area contributed by atoms with Crippen molar-refractivity contribution in [1.29, 1.82) is 0 Å². The summed E-state index contributed by atoms with van der Waals surface area (Å²) in [6.07, 6.45) is 3.11. The lowest BCUT2D eigenvalue weighted by atomic mass is 10.2. The SMILES string of the molecule is CCCCCn1c2ccc([N+](=O)[O-])cc2c2nnc(SCC(=O)c3ccccc3)nc21. The van der Waals surface area contributed by atoms with Crippen LogP contribution in [0.3, 0.4) is 0 Å². The van der Waals surface area contributed by atoms with E-state index in [1.807, 2.05) is 22.8 Å². The lowest BCUT2D eigenvalue weighted by Crippen LogP contribution is -2.04. The minimum absolute atomic E-state index is 0.00610. The Morgan fingerprint density at radius 3 is 2.68 bits per heavy atom. The molecule has 0 bridgehead atoms. The monoisotopic (exact) mass is 435 g/mol. The third-order valence-electron chi connectivity index (χ3n) is 5.05. The number of aromatic nitrogens is 4.